The Bertz CT molecular complexity index is 1450. The molecular formula is C26H29N7O5. The average Bonchev–Trinajstić information content (AvgIpc) is 3.33. The Morgan fingerprint density at radius 1 is 1.29 bits per heavy atom. The molecule has 0 spiro atoms. The molecule has 12 nitrogen and oxygen atoms in total. The third kappa shape index (κ3) is 5.28. The van der Waals surface area contributed by atoms with Crippen molar-refractivity contribution in [3.8, 4) is 17.3 Å². The van der Waals surface area contributed by atoms with Crippen LogP contribution in [0.2, 0.25) is 0 Å². The number of amides is 1. The van der Waals surface area contributed by atoms with E-state index >= 15 is 0 Å². The Morgan fingerprint density at radius 2 is 2.03 bits per heavy atom. The van der Waals surface area contributed by atoms with Crippen molar-refractivity contribution < 1.29 is 24.5 Å². The van der Waals surface area contributed by atoms with Gasteiger partial charge >= 0.3 is 12.1 Å². The summed E-state index contributed by atoms with van der Waals surface area (Å²) in [4.78, 5) is 34.4. The minimum absolute atomic E-state index is 0.148. The Hall–Kier alpha value is -4.50. The Labute approximate surface area is 219 Å². The van der Waals surface area contributed by atoms with E-state index in [1.54, 1.807) is 45.9 Å². The van der Waals surface area contributed by atoms with Crippen LogP contribution in [-0.4, -0.2) is 60.8 Å². The second kappa shape index (κ2) is 9.75. The van der Waals surface area contributed by atoms with Crippen LogP contribution in [0.25, 0.3) is 11.3 Å². The quantitative estimate of drug-likeness (QED) is 0.439. The highest BCUT2D eigenvalue weighted by atomic mass is 16.6. The van der Waals surface area contributed by atoms with Crippen molar-refractivity contribution in [2.24, 2.45) is 0 Å². The lowest BCUT2D eigenvalue weighted by atomic mass is 9.83. The fourth-order valence-corrected chi connectivity index (χ4v) is 4.33. The van der Waals surface area contributed by atoms with Crippen LogP contribution in [0.5, 0.6) is 0 Å². The molecule has 0 bridgehead atoms. The molecule has 12 heteroatoms. The summed E-state index contributed by atoms with van der Waals surface area (Å²) in [7, 11) is 0. The topological polar surface area (TPSA) is 166 Å². The number of aromatic nitrogens is 4. The van der Waals surface area contributed by atoms with E-state index in [0.717, 1.165) is 0 Å². The summed E-state index contributed by atoms with van der Waals surface area (Å²) < 4.78 is 6.86. The van der Waals surface area contributed by atoms with Crippen LogP contribution in [0.1, 0.15) is 44.5 Å². The summed E-state index contributed by atoms with van der Waals surface area (Å²) in [5.41, 5.74) is 1.41. The first-order chi connectivity index (χ1) is 17.8. The smallest absolute Gasteiger partial charge is 0.414 e. The minimum Gasteiger partial charge on any atom is -0.480 e. The fraction of sp³-hybridized carbons (Fsp3) is 0.385. The van der Waals surface area contributed by atoms with Crippen LogP contribution < -0.4 is 10.2 Å². The van der Waals surface area contributed by atoms with Gasteiger partial charge in [0.05, 0.1) is 29.2 Å². The van der Waals surface area contributed by atoms with Gasteiger partial charge in [-0.05, 0) is 51.5 Å². The number of ether oxygens (including phenoxy) is 1. The van der Waals surface area contributed by atoms with Gasteiger partial charge in [0.25, 0.3) is 0 Å². The maximum absolute atomic E-state index is 13.0. The number of rotatable bonds is 6. The number of carboxylic acids is 1. The van der Waals surface area contributed by atoms with E-state index in [-0.39, 0.29) is 31.2 Å². The molecule has 3 heterocycles. The second-order valence-corrected chi connectivity index (χ2v) is 10.4. The zero-order valence-corrected chi connectivity index (χ0v) is 21.8. The van der Waals surface area contributed by atoms with Crippen molar-refractivity contribution in [3.05, 3.63) is 47.3 Å². The average molecular weight is 520 g/mol. The van der Waals surface area contributed by atoms with Gasteiger partial charge in [0.1, 0.15) is 24.0 Å². The van der Waals surface area contributed by atoms with Crippen molar-refractivity contribution in [1.82, 2.24) is 19.7 Å². The molecular weight excluding hydrogens is 490 g/mol. The molecule has 198 valence electrons. The molecule has 1 aliphatic heterocycles. The number of hydrogen-bond acceptors (Lipinski definition) is 9. The minimum atomic E-state index is -1.04. The van der Waals surface area contributed by atoms with Gasteiger partial charge < -0.3 is 20.3 Å². The first kappa shape index (κ1) is 26.6. The highest BCUT2D eigenvalue weighted by Gasteiger charge is 2.44. The van der Waals surface area contributed by atoms with Gasteiger partial charge in [-0.1, -0.05) is 6.92 Å². The van der Waals surface area contributed by atoms with Gasteiger partial charge in [-0.2, -0.15) is 10.4 Å². The molecule has 1 aromatic carbocycles. The molecule has 0 aliphatic carbocycles. The lowest BCUT2D eigenvalue weighted by Gasteiger charge is -2.26. The number of carbonyl (C=O) groups excluding carboxylic acids is 1. The first-order valence-electron chi connectivity index (χ1n) is 11.9. The van der Waals surface area contributed by atoms with E-state index < -0.39 is 23.1 Å². The summed E-state index contributed by atoms with van der Waals surface area (Å²) in [6.45, 7) is 8.41. The second-order valence-electron chi connectivity index (χ2n) is 10.4. The normalized spacial score (nSPS) is 16.6. The molecule has 1 unspecified atom stereocenters. The highest BCUT2D eigenvalue weighted by molar-refractivity contribution is 5.95. The van der Waals surface area contributed by atoms with Crippen LogP contribution in [0, 0.1) is 18.3 Å². The van der Waals surface area contributed by atoms with Crippen LogP contribution in [-0.2, 0) is 21.5 Å². The number of hydrogen-bond donors (Lipinski definition) is 3. The summed E-state index contributed by atoms with van der Waals surface area (Å²) in [6.07, 6.45) is 0.939. The number of nitriles is 1. The SMILES string of the molecule is Cc1cc(Nc2nccc(-c3cc(C#N)c4c(c3)C(C)(CO)CN4C(=O)OC(C)(C)C)n2)n(CC(=O)O)n1. The predicted octanol–water partition coefficient (Wildman–Crippen LogP) is 3.35. The van der Waals surface area contributed by atoms with Crippen LogP contribution >= 0.6 is 0 Å². The molecule has 0 fully saturated rings. The number of nitrogens with zero attached hydrogens (tertiary/aromatic N) is 6. The summed E-state index contributed by atoms with van der Waals surface area (Å²) in [6, 6.07) is 8.96. The molecule has 2 aromatic heterocycles. The number of fused-ring (bicyclic) bond motifs is 1. The molecule has 3 aromatic rings. The molecule has 1 amide bonds. The number of benzene rings is 1. The van der Waals surface area contributed by atoms with E-state index in [1.165, 1.54) is 15.8 Å². The van der Waals surface area contributed by atoms with Gasteiger partial charge in [0, 0.05) is 29.8 Å². The predicted molar refractivity (Wildman–Crippen MR) is 138 cm³/mol. The van der Waals surface area contributed by atoms with E-state index in [0.29, 0.717) is 34.0 Å². The van der Waals surface area contributed by atoms with Gasteiger partial charge in [-0.3, -0.25) is 9.69 Å². The molecule has 0 saturated carbocycles. The van der Waals surface area contributed by atoms with E-state index in [1.807, 2.05) is 13.0 Å². The number of anilines is 3. The van der Waals surface area contributed by atoms with E-state index in [2.05, 4.69) is 26.5 Å². The number of aliphatic hydroxyl groups is 1. The Balaban J connectivity index is 1.74. The van der Waals surface area contributed by atoms with E-state index in [9.17, 15) is 20.0 Å². The largest absolute Gasteiger partial charge is 0.480 e. The van der Waals surface area contributed by atoms with Crippen LogP contribution in [0.4, 0.5) is 22.2 Å². The van der Waals surface area contributed by atoms with Crippen molar-refractivity contribution in [2.45, 2.75) is 52.2 Å². The molecule has 3 N–H and O–H groups in total. The summed E-state index contributed by atoms with van der Waals surface area (Å²) >= 11 is 0. The molecule has 4 rings (SSSR count). The molecule has 38 heavy (non-hydrogen) atoms. The molecule has 0 radical (unpaired) electrons. The number of aryl methyl sites for hydroxylation is 1. The lowest BCUT2D eigenvalue weighted by Crippen LogP contribution is -2.40. The number of carboxylic acid groups (broad SMARTS) is 1. The Morgan fingerprint density at radius 3 is 2.66 bits per heavy atom. The third-order valence-electron chi connectivity index (χ3n) is 6.00. The Kier molecular flexibility index (Phi) is 6.82. The van der Waals surface area contributed by atoms with Crippen molar-refractivity contribution >= 4 is 29.5 Å². The van der Waals surface area contributed by atoms with Crippen LogP contribution in [0.3, 0.4) is 0 Å². The molecule has 0 saturated heterocycles. The summed E-state index contributed by atoms with van der Waals surface area (Å²) in [5.74, 6) is -0.428. The number of aliphatic hydroxyl groups excluding tert-OH is 1. The van der Waals surface area contributed by atoms with Gasteiger partial charge in [-0.15, -0.1) is 0 Å². The van der Waals surface area contributed by atoms with Crippen molar-refractivity contribution in [2.75, 3.05) is 23.4 Å². The number of carbonyl (C=O) groups is 2. The maximum atomic E-state index is 13.0. The molecule has 1 atom stereocenters. The molecule has 1 aliphatic rings. The zero-order valence-electron chi connectivity index (χ0n) is 21.8. The van der Waals surface area contributed by atoms with Gasteiger partial charge in [0.15, 0.2) is 0 Å². The van der Waals surface area contributed by atoms with E-state index in [4.69, 9.17) is 9.84 Å². The van der Waals surface area contributed by atoms with Crippen molar-refractivity contribution in [3.63, 3.8) is 0 Å². The van der Waals surface area contributed by atoms with Gasteiger partial charge in [0.2, 0.25) is 5.95 Å². The summed E-state index contributed by atoms with van der Waals surface area (Å²) in [5, 5.41) is 36.6. The maximum Gasteiger partial charge on any atom is 0.414 e. The lowest BCUT2D eigenvalue weighted by molar-refractivity contribution is -0.137. The third-order valence-corrected chi connectivity index (χ3v) is 6.00. The standard InChI is InChI=1S/C26H29N7O5/c1-15-8-20(33(31-15)12-21(35)36)30-23-28-7-6-19(29-23)16-9-17(11-27)22-18(10-16)26(5,14-34)13-32(22)24(37)38-25(2,3)4/h6-10,34H,12-14H2,1-5H3,(H,35,36)(H,28,29,30). The monoisotopic (exact) mass is 519 g/mol. The van der Waals surface area contributed by atoms with Gasteiger partial charge in [-0.25, -0.2) is 19.4 Å². The fourth-order valence-electron chi connectivity index (χ4n) is 4.33. The number of nitrogens with one attached hydrogen (secondary N) is 1. The van der Waals surface area contributed by atoms with Crippen LogP contribution in [0.15, 0.2) is 30.5 Å². The highest BCUT2D eigenvalue weighted by Crippen LogP contribution is 2.45. The number of aliphatic carboxylic acids is 1. The van der Waals surface area contributed by atoms with Crippen molar-refractivity contribution in [1.29, 1.82) is 5.26 Å². The first-order valence-corrected chi connectivity index (χ1v) is 11.9. The zero-order chi connectivity index (χ0) is 27.8.